The van der Waals surface area contributed by atoms with Crippen LogP contribution in [0.25, 0.3) is 0 Å². The third kappa shape index (κ3) is 7.75. The zero-order valence-corrected chi connectivity index (χ0v) is 17.9. The number of carbonyl (C=O) groups is 3. The monoisotopic (exact) mass is 406 g/mol. The molecule has 0 radical (unpaired) electrons. The van der Waals surface area contributed by atoms with E-state index in [0.29, 0.717) is 24.8 Å². The first-order valence-electron chi connectivity index (χ1n) is 10.3. The van der Waals surface area contributed by atoms with Crippen LogP contribution in [0.15, 0.2) is 18.2 Å². The third-order valence-corrected chi connectivity index (χ3v) is 5.31. The predicted molar refractivity (Wildman–Crippen MR) is 112 cm³/mol. The highest BCUT2D eigenvalue weighted by molar-refractivity contribution is 5.94. The summed E-state index contributed by atoms with van der Waals surface area (Å²) in [5.74, 6) is -1.20. The summed E-state index contributed by atoms with van der Waals surface area (Å²) < 4.78 is 0. The Kier molecular flexibility index (Phi) is 9.65. The Bertz CT molecular complexity index is 719. The van der Waals surface area contributed by atoms with Crippen molar-refractivity contribution in [3.63, 3.8) is 0 Å². The molecule has 162 valence electrons. The van der Waals surface area contributed by atoms with E-state index in [1.54, 1.807) is 13.0 Å². The van der Waals surface area contributed by atoms with E-state index in [1.165, 1.54) is 19.1 Å². The quantitative estimate of drug-likeness (QED) is 0.315. The van der Waals surface area contributed by atoms with Crippen molar-refractivity contribution >= 4 is 17.6 Å². The maximum absolute atomic E-state index is 12.8. The number of phenols is 2. The van der Waals surface area contributed by atoms with Gasteiger partial charge in [0.15, 0.2) is 17.3 Å². The Morgan fingerprint density at radius 1 is 1.10 bits per heavy atom. The molecule has 29 heavy (non-hydrogen) atoms. The summed E-state index contributed by atoms with van der Waals surface area (Å²) in [7, 11) is 0. The Morgan fingerprint density at radius 2 is 1.79 bits per heavy atom. The maximum Gasteiger partial charge on any atom is 0.243 e. The minimum absolute atomic E-state index is 0.126. The molecule has 0 aliphatic rings. The second kappa shape index (κ2) is 11.4. The number of aromatic hydroxyl groups is 2. The molecule has 1 aromatic carbocycles. The zero-order valence-electron chi connectivity index (χ0n) is 17.9. The van der Waals surface area contributed by atoms with E-state index < -0.39 is 11.6 Å². The van der Waals surface area contributed by atoms with Crippen molar-refractivity contribution in [2.45, 2.75) is 84.2 Å². The number of phenolic OH excluding ortho intramolecular Hbond substituents is 2. The van der Waals surface area contributed by atoms with E-state index in [9.17, 15) is 24.6 Å². The minimum atomic E-state index is -0.950. The van der Waals surface area contributed by atoms with Crippen LogP contribution in [0.1, 0.15) is 71.8 Å². The summed E-state index contributed by atoms with van der Waals surface area (Å²) in [6.07, 6.45) is 4.21. The van der Waals surface area contributed by atoms with E-state index in [4.69, 9.17) is 0 Å². The van der Waals surface area contributed by atoms with Gasteiger partial charge in [0.1, 0.15) is 6.04 Å². The number of ketones is 1. The lowest BCUT2D eigenvalue weighted by molar-refractivity contribution is -0.133. The van der Waals surface area contributed by atoms with Crippen molar-refractivity contribution < 1.29 is 24.6 Å². The summed E-state index contributed by atoms with van der Waals surface area (Å²) in [4.78, 5) is 37.1. The van der Waals surface area contributed by atoms with Crippen molar-refractivity contribution in [1.82, 2.24) is 10.6 Å². The lowest BCUT2D eigenvalue weighted by Gasteiger charge is -2.29. The average Bonchev–Trinajstić information content (AvgIpc) is 2.67. The van der Waals surface area contributed by atoms with Gasteiger partial charge in [0.25, 0.3) is 0 Å². The Labute approximate surface area is 172 Å². The van der Waals surface area contributed by atoms with Crippen molar-refractivity contribution in [3.8, 4) is 11.5 Å². The molecule has 4 N–H and O–H groups in total. The lowest BCUT2D eigenvalue weighted by Crippen LogP contribution is -2.57. The normalized spacial score (nSPS) is 13.9. The molecule has 0 saturated carbocycles. The molecule has 1 aromatic rings. The molecule has 0 saturated heterocycles. The van der Waals surface area contributed by atoms with Gasteiger partial charge in [0.2, 0.25) is 11.8 Å². The van der Waals surface area contributed by atoms with Crippen LogP contribution in [0.5, 0.6) is 11.5 Å². The van der Waals surface area contributed by atoms with Crippen LogP contribution < -0.4 is 10.6 Å². The molecular weight excluding hydrogens is 372 g/mol. The Hall–Kier alpha value is -2.57. The molecule has 0 aromatic heterocycles. The van der Waals surface area contributed by atoms with Crippen LogP contribution in [0.3, 0.4) is 0 Å². The molecule has 7 heteroatoms. The molecule has 0 aliphatic carbocycles. The fraction of sp³-hybridized carbons (Fsp3) is 0.591. The smallest absolute Gasteiger partial charge is 0.243 e. The van der Waals surface area contributed by atoms with Crippen molar-refractivity contribution in [2.24, 2.45) is 0 Å². The van der Waals surface area contributed by atoms with Gasteiger partial charge in [-0.15, -0.1) is 0 Å². The number of amides is 2. The summed E-state index contributed by atoms with van der Waals surface area (Å²) in [6, 6.07) is 3.71. The Balaban J connectivity index is 2.75. The number of hydrogen-bond acceptors (Lipinski definition) is 5. The molecule has 0 spiro atoms. The number of rotatable bonds is 12. The summed E-state index contributed by atoms with van der Waals surface area (Å²) in [5.41, 5.74) is -0.244. The predicted octanol–water partition coefficient (Wildman–Crippen LogP) is 2.97. The average molecular weight is 407 g/mol. The highest BCUT2D eigenvalue weighted by Gasteiger charge is 2.32. The number of carbonyl (C=O) groups excluding carboxylic acids is 3. The number of unbranched alkanes of at least 4 members (excludes halogenated alkanes) is 2. The van der Waals surface area contributed by atoms with Crippen LogP contribution in [0, 0.1) is 0 Å². The third-order valence-electron chi connectivity index (χ3n) is 5.31. The van der Waals surface area contributed by atoms with Crippen LogP contribution in [-0.4, -0.2) is 39.4 Å². The van der Waals surface area contributed by atoms with E-state index in [0.717, 1.165) is 19.3 Å². The van der Waals surface area contributed by atoms with Gasteiger partial charge in [-0.25, -0.2) is 0 Å². The number of Topliss-reactive ketones (excluding diaryl/α,β-unsaturated/α-hetero) is 1. The standard InChI is InChI=1S/C22H34N2O5/c1-5-7-8-9-17(21(29)24-22(4,6-2)15(3)25)23-20(28)13-11-16-10-12-18(26)19(27)14-16/h10,12,14,17,26-27H,5-9,11,13H2,1-4H3,(H,23,28)(H,24,29). The zero-order chi connectivity index (χ0) is 22.0. The number of nitrogens with one attached hydrogen (secondary N) is 2. The van der Waals surface area contributed by atoms with Crippen molar-refractivity contribution in [3.05, 3.63) is 23.8 Å². The van der Waals surface area contributed by atoms with Gasteiger partial charge >= 0.3 is 0 Å². The van der Waals surface area contributed by atoms with E-state index in [1.807, 2.05) is 6.92 Å². The van der Waals surface area contributed by atoms with Gasteiger partial charge in [0, 0.05) is 6.42 Å². The minimum Gasteiger partial charge on any atom is -0.504 e. The second-order valence-electron chi connectivity index (χ2n) is 7.67. The fourth-order valence-electron chi connectivity index (χ4n) is 2.90. The molecule has 0 aliphatic heterocycles. The van der Waals surface area contributed by atoms with Gasteiger partial charge in [0.05, 0.1) is 5.54 Å². The number of aryl methyl sites for hydroxylation is 1. The first-order valence-corrected chi connectivity index (χ1v) is 10.3. The SMILES string of the molecule is CCCCCC(NC(=O)CCc1ccc(O)c(O)c1)C(=O)NC(C)(CC)C(C)=O. The van der Waals surface area contributed by atoms with E-state index >= 15 is 0 Å². The fourth-order valence-corrected chi connectivity index (χ4v) is 2.90. The molecule has 0 heterocycles. The van der Waals surface area contributed by atoms with E-state index in [-0.39, 0.29) is 35.5 Å². The lowest BCUT2D eigenvalue weighted by atomic mass is 9.93. The molecular formula is C22H34N2O5. The van der Waals surface area contributed by atoms with Crippen molar-refractivity contribution in [2.75, 3.05) is 0 Å². The first kappa shape index (κ1) is 24.5. The highest BCUT2D eigenvalue weighted by Crippen LogP contribution is 2.25. The van der Waals surface area contributed by atoms with Crippen LogP contribution in [0.2, 0.25) is 0 Å². The topological polar surface area (TPSA) is 116 Å². The summed E-state index contributed by atoms with van der Waals surface area (Å²) >= 11 is 0. The van der Waals surface area contributed by atoms with Crippen LogP contribution in [0.4, 0.5) is 0 Å². The van der Waals surface area contributed by atoms with Crippen molar-refractivity contribution in [1.29, 1.82) is 0 Å². The van der Waals surface area contributed by atoms with Gasteiger partial charge in [-0.1, -0.05) is 39.2 Å². The maximum atomic E-state index is 12.8. The second-order valence-corrected chi connectivity index (χ2v) is 7.67. The van der Waals surface area contributed by atoms with Gasteiger partial charge in [-0.05, 0) is 50.8 Å². The molecule has 0 fully saturated rings. The summed E-state index contributed by atoms with van der Waals surface area (Å²) in [5, 5.41) is 24.5. The number of benzene rings is 1. The van der Waals surface area contributed by atoms with E-state index in [2.05, 4.69) is 17.6 Å². The molecule has 2 atom stereocenters. The molecule has 1 rings (SSSR count). The Morgan fingerprint density at radius 3 is 2.34 bits per heavy atom. The molecule has 2 unspecified atom stereocenters. The molecule has 7 nitrogen and oxygen atoms in total. The van der Waals surface area contributed by atoms with Gasteiger partial charge < -0.3 is 20.8 Å². The van der Waals surface area contributed by atoms with Gasteiger partial charge in [-0.2, -0.15) is 0 Å². The summed E-state index contributed by atoms with van der Waals surface area (Å²) in [6.45, 7) is 7.03. The molecule has 0 bridgehead atoms. The number of hydrogen-bond donors (Lipinski definition) is 4. The first-order chi connectivity index (χ1) is 13.6. The largest absolute Gasteiger partial charge is 0.504 e. The van der Waals surface area contributed by atoms with Gasteiger partial charge in [-0.3, -0.25) is 14.4 Å². The molecule has 2 amide bonds. The van der Waals surface area contributed by atoms with Crippen LogP contribution >= 0.6 is 0 Å². The van der Waals surface area contributed by atoms with Crippen LogP contribution in [-0.2, 0) is 20.8 Å². The highest BCUT2D eigenvalue weighted by atomic mass is 16.3.